The highest BCUT2D eigenvalue weighted by atomic mass is 19.4. The molecule has 5 unspecified atom stereocenters. The van der Waals surface area contributed by atoms with Gasteiger partial charge in [-0.25, -0.2) is 4.39 Å². The van der Waals surface area contributed by atoms with Crippen LogP contribution in [-0.4, -0.2) is 60.8 Å². The maximum absolute atomic E-state index is 15.8. The lowest BCUT2D eigenvalue weighted by atomic mass is 9.77. The molecule has 33 heavy (non-hydrogen) atoms. The van der Waals surface area contributed by atoms with E-state index >= 15 is 4.39 Å². The van der Waals surface area contributed by atoms with Crippen LogP contribution in [0, 0.1) is 23.2 Å². The lowest BCUT2D eigenvalue weighted by Crippen LogP contribution is -2.71. The molecule has 10 heteroatoms. The van der Waals surface area contributed by atoms with E-state index in [0.717, 1.165) is 6.42 Å². The number of hydrogen-bond acceptors (Lipinski definition) is 5. The third-order valence-electron chi connectivity index (χ3n) is 7.52. The summed E-state index contributed by atoms with van der Waals surface area (Å²) >= 11 is 0. The topological polar surface area (TPSA) is 82.4 Å². The van der Waals surface area contributed by atoms with Crippen LogP contribution in [-0.2, 0) is 4.79 Å². The molecule has 0 bridgehead atoms. The molecule has 3 aliphatic rings. The Morgan fingerprint density at radius 1 is 1.15 bits per heavy atom. The minimum Gasteiger partial charge on any atom is -0.368 e. The molecule has 1 amide bonds. The van der Waals surface area contributed by atoms with Crippen LogP contribution >= 0.6 is 0 Å². The summed E-state index contributed by atoms with van der Waals surface area (Å²) in [4.78, 5) is 14.1. The zero-order chi connectivity index (χ0) is 24.6. The average molecular weight is 480 g/mol. The molecule has 3 fully saturated rings. The number of halogens is 4. The molecule has 6 atom stereocenters. The van der Waals surface area contributed by atoms with Crippen molar-refractivity contribution in [1.82, 2.24) is 20.9 Å². The third-order valence-corrected chi connectivity index (χ3v) is 7.52. The van der Waals surface area contributed by atoms with E-state index < -0.39 is 42.5 Å². The molecule has 192 valence electrons. The smallest absolute Gasteiger partial charge is 0.368 e. The second-order valence-corrected chi connectivity index (χ2v) is 11.6. The van der Waals surface area contributed by atoms with E-state index in [0.29, 0.717) is 38.4 Å². The standard InChI is InChI=1S/C23H41F4N5O/c1-13-9-17(14-5-7-15(8-6-14)23(25,26)27)32(11-13)21-18(24)20(29-12-30-21)31-16(19(28)33)10-22(2,3)4/h13-18,20-21,29-31H,5-12H2,1-4H3,(H2,28,33)/t13?,14?,15?,16-,17?,18?,20?,21?/m1/s1. The molecule has 0 aromatic rings. The van der Waals surface area contributed by atoms with Crippen LogP contribution in [0.4, 0.5) is 17.6 Å². The van der Waals surface area contributed by atoms with Crippen molar-refractivity contribution < 1.29 is 22.4 Å². The van der Waals surface area contributed by atoms with E-state index in [1.54, 1.807) is 0 Å². The van der Waals surface area contributed by atoms with Gasteiger partial charge in [0.05, 0.1) is 24.3 Å². The Labute approximate surface area is 194 Å². The van der Waals surface area contributed by atoms with Crippen LogP contribution in [0.2, 0.25) is 0 Å². The van der Waals surface area contributed by atoms with Gasteiger partial charge in [-0.15, -0.1) is 0 Å². The van der Waals surface area contributed by atoms with Crippen LogP contribution in [0.15, 0.2) is 0 Å². The first-order chi connectivity index (χ1) is 15.3. The van der Waals surface area contributed by atoms with E-state index in [-0.39, 0.29) is 30.2 Å². The number of likely N-dealkylation sites (tertiary alicyclic amines) is 1. The van der Waals surface area contributed by atoms with Gasteiger partial charge in [0, 0.05) is 19.3 Å². The third kappa shape index (κ3) is 6.80. The van der Waals surface area contributed by atoms with E-state index in [4.69, 9.17) is 5.73 Å². The van der Waals surface area contributed by atoms with Crippen molar-refractivity contribution in [3.63, 3.8) is 0 Å². The predicted octanol–water partition coefficient (Wildman–Crippen LogP) is 3.09. The zero-order valence-electron chi connectivity index (χ0n) is 20.2. The van der Waals surface area contributed by atoms with Crippen molar-refractivity contribution in [1.29, 1.82) is 0 Å². The highest BCUT2D eigenvalue weighted by Gasteiger charge is 2.48. The first-order valence-electron chi connectivity index (χ1n) is 12.2. The van der Waals surface area contributed by atoms with Crippen molar-refractivity contribution in [2.24, 2.45) is 28.9 Å². The number of nitrogens with one attached hydrogen (secondary N) is 3. The van der Waals surface area contributed by atoms with Gasteiger partial charge >= 0.3 is 6.18 Å². The first kappa shape index (κ1) is 26.6. The zero-order valence-corrected chi connectivity index (χ0v) is 20.2. The summed E-state index contributed by atoms with van der Waals surface area (Å²) < 4.78 is 55.1. The van der Waals surface area contributed by atoms with Crippen molar-refractivity contribution in [3.05, 3.63) is 0 Å². The summed E-state index contributed by atoms with van der Waals surface area (Å²) in [7, 11) is 0. The van der Waals surface area contributed by atoms with Gasteiger partial charge in [0.15, 0.2) is 6.17 Å². The SMILES string of the molecule is CC1CC(C2CCC(C(F)(F)F)CC2)N(C2NCNC(N[C@H](CC(C)(C)C)C(N)=O)C2F)C1. The van der Waals surface area contributed by atoms with Crippen molar-refractivity contribution in [2.45, 2.75) is 103 Å². The van der Waals surface area contributed by atoms with Gasteiger partial charge in [-0.3, -0.25) is 25.6 Å². The number of carbonyl (C=O) groups is 1. The number of hydrogen-bond donors (Lipinski definition) is 4. The molecule has 1 saturated carbocycles. The van der Waals surface area contributed by atoms with Crippen LogP contribution in [0.1, 0.15) is 66.2 Å². The Bertz CT molecular complexity index is 662. The highest BCUT2D eigenvalue weighted by molar-refractivity contribution is 5.79. The van der Waals surface area contributed by atoms with Gasteiger partial charge in [0.25, 0.3) is 0 Å². The molecular formula is C23H41F4N5O. The van der Waals surface area contributed by atoms with Crippen molar-refractivity contribution in [2.75, 3.05) is 13.2 Å². The minimum atomic E-state index is -4.13. The fourth-order valence-electron chi connectivity index (χ4n) is 5.93. The fraction of sp³-hybridized carbons (Fsp3) is 0.957. The van der Waals surface area contributed by atoms with Crippen molar-refractivity contribution >= 4 is 5.91 Å². The number of carbonyl (C=O) groups excluding carboxylic acids is 1. The minimum absolute atomic E-state index is 0.0604. The molecule has 0 radical (unpaired) electrons. The monoisotopic (exact) mass is 479 g/mol. The van der Waals surface area contributed by atoms with Crippen molar-refractivity contribution in [3.8, 4) is 0 Å². The summed E-state index contributed by atoms with van der Waals surface area (Å²) in [5, 5.41) is 9.37. The molecule has 0 aromatic carbocycles. The average Bonchev–Trinajstić information content (AvgIpc) is 3.08. The van der Waals surface area contributed by atoms with Gasteiger partial charge in [0.2, 0.25) is 5.91 Å². The van der Waals surface area contributed by atoms with Crippen LogP contribution < -0.4 is 21.7 Å². The van der Waals surface area contributed by atoms with E-state index in [2.05, 4.69) is 27.8 Å². The number of alkyl halides is 4. The fourth-order valence-corrected chi connectivity index (χ4v) is 5.93. The normalized spacial score (nSPS) is 37.8. The lowest BCUT2D eigenvalue weighted by Gasteiger charge is -2.45. The second kappa shape index (κ2) is 10.3. The molecule has 2 saturated heterocycles. The Hall–Kier alpha value is -0.970. The molecule has 0 aromatic heterocycles. The summed E-state index contributed by atoms with van der Waals surface area (Å²) in [6.45, 7) is 9.18. The summed E-state index contributed by atoms with van der Waals surface area (Å²) in [6.07, 6.45) is -4.07. The molecule has 3 rings (SSSR count). The van der Waals surface area contributed by atoms with Crippen LogP contribution in [0.25, 0.3) is 0 Å². The highest BCUT2D eigenvalue weighted by Crippen LogP contribution is 2.44. The Morgan fingerprint density at radius 2 is 1.79 bits per heavy atom. The number of amides is 1. The van der Waals surface area contributed by atoms with Gasteiger partial charge in [-0.1, -0.05) is 27.7 Å². The molecular weight excluding hydrogens is 438 g/mol. The molecule has 1 aliphatic carbocycles. The van der Waals surface area contributed by atoms with Crippen LogP contribution in [0.3, 0.4) is 0 Å². The second-order valence-electron chi connectivity index (χ2n) is 11.6. The molecule has 6 nitrogen and oxygen atoms in total. The number of nitrogens with zero attached hydrogens (tertiary/aromatic N) is 1. The summed E-state index contributed by atoms with van der Waals surface area (Å²) in [5.74, 6) is -1.23. The summed E-state index contributed by atoms with van der Waals surface area (Å²) in [6, 6.07) is -0.601. The first-order valence-corrected chi connectivity index (χ1v) is 12.2. The molecule has 2 aliphatic heterocycles. The number of nitrogens with two attached hydrogens (primary N) is 1. The predicted molar refractivity (Wildman–Crippen MR) is 120 cm³/mol. The quantitative estimate of drug-likeness (QED) is 0.440. The maximum Gasteiger partial charge on any atom is 0.391 e. The van der Waals surface area contributed by atoms with Gasteiger partial charge in [0.1, 0.15) is 0 Å². The largest absolute Gasteiger partial charge is 0.391 e. The number of rotatable bonds is 6. The van der Waals surface area contributed by atoms with E-state index in [1.807, 2.05) is 20.8 Å². The van der Waals surface area contributed by atoms with Gasteiger partial charge in [-0.05, 0) is 55.8 Å². The van der Waals surface area contributed by atoms with Gasteiger partial charge < -0.3 is 5.73 Å². The van der Waals surface area contributed by atoms with Crippen LogP contribution in [0.5, 0.6) is 0 Å². The van der Waals surface area contributed by atoms with Gasteiger partial charge in [-0.2, -0.15) is 13.2 Å². The molecule has 5 N–H and O–H groups in total. The Morgan fingerprint density at radius 3 is 2.33 bits per heavy atom. The Balaban J connectivity index is 1.67. The maximum atomic E-state index is 15.8. The van der Waals surface area contributed by atoms with E-state index in [9.17, 15) is 18.0 Å². The molecule has 2 heterocycles. The molecule has 0 spiro atoms. The summed E-state index contributed by atoms with van der Waals surface area (Å²) in [5.41, 5.74) is 5.43. The number of primary amides is 1. The lowest BCUT2D eigenvalue weighted by molar-refractivity contribution is -0.185. The van der Waals surface area contributed by atoms with E-state index in [1.165, 1.54) is 0 Å². The Kier molecular flexibility index (Phi) is 8.34.